The molecular formula is C22H23N3O8. The third-order valence-electron chi connectivity index (χ3n) is 4.50. The second-order valence-corrected chi connectivity index (χ2v) is 7.93. The molecule has 2 aromatic carbocycles. The van der Waals surface area contributed by atoms with Gasteiger partial charge in [-0.2, -0.15) is 0 Å². The summed E-state index contributed by atoms with van der Waals surface area (Å²) in [7, 11) is 2.55. The highest BCUT2D eigenvalue weighted by molar-refractivity contribution is 6.40. The van der Waals surface area contributed by atoms with Crippen molar-refractivity contribution in [3.8, 4) is 17.2 Å². The van der Waals surface area contributed by atoms with Crippen LogP contribution >= 0.6 is 0 Å². The molecule has 2 aromatic rings. The molecule has 1 atom stereocenters. The van der Waals surface area contributed by atoms with Crippen molar-refractivity contribution in [1.29, 1.82) is 0 Å². The summed E-state index contributed by atoms with van der Waals surface area (Å²) in [6, 6.07) is 8.46. The number of para-hydroxylation sites is 1. The molecule has 0 bridgehead atoms. The number of fused-ring (bicyclic) bond motifs is 1. The number of nitro benzene ring substituents is 1. The van der Waals surface area contributed by atoms with E-state index in [4.69, 9.17) is 18.9 Å². The van der Waals surface area contributed by atoms with Crippen LogP contribution in [0, 0.1) is 10.1 Å². The molecule has 0 spiro atoms. The molecule has 3 rings (SSSR count). The van der Waals surface area contributed by atoms with Gasteiger partial charge in [0, 0.05) is 5.56 Å². The molecule has 33 heavy (non-hydrogen) atoms. The van der Waals surface area contributed by atoms with Crippen LogP contribution < -0.4 is 19.5 Å². The van der Waals surface area contributed by atoms with Crippen molar-refractivity contribution in [1.82, 2.24) is 5.32 Å². The number of esters is 1. The quantitative estimate of drug-likeness (QED) is 0.392. The molecule has 11 heteroatoms. The summed E-state index contributed by atoms with van der Waals surface area (Å²) in [4.78, 5) is 40.6. The Morgan fingerprint density at radius 2 is 1.73 bits per heavy atom. The van der Waals surface area contributed by atoms with Crippen molar-refractivity contribution >= 4 is 29.1 Å². The van der Waals surface area contributed by atoms with Gasteiger partial charge in [-0.05, 0) is 39.0 Å². The number of nitrogens with zero attached hydrogens (tertiary/aromatic N) is 2. The number of hydrogen-bond donors (Lipinski definition) is 1. The second kappa shape index (κ2) is 9.15. The Labute approximate surface area is 189 Å². The number of aliphatic imine (C=N–C) groups is 1. The molecule has 1 aliphatic heterocycles. The number of hydrogen-bond acceptors (Lipinski definition) is 9. The molecule has 1 aliphatic rings. The van der Waals surface area contributed by atoms with Gasteiger partial charge in [-0.15, -0.1) is 0 Å². The van der Waals surface area contributed by atoms with Crippen molar-refractivity contribution < 1.29 is 33.5 Å². The van der Waals surface area contributed by atoms with Gasteiger partial charge >= 0.3 is 17.7 Å². The number of benzene rings is 2. The van der Waals surface area contributed by atoms with Crippen LogP contribution in [0.4, 0.5) is 16.2 Å². The number of ether oxygens (including phenoxy) is 4. The van der Waals surface area contributed by atoms with Gasteiger partial charge in [0.25, 0.3) is 0 Å². The Balaban J connectivity index is 1.89. The molecule has 0 fully saturated rings. The Bertz CT molecular complexity index is 1140. The summed E-state index contributed by atoms with van der Waals surface area (Å²) in [6.45, 7) is 5.13. The lowest BCUT2D eigenvalue weighted by Crippen LogP contribution is -2.39. The summed E-state index contributed by atoms with van der Waals surface area (Å²) in [5, 5.41) is 14.2. The highest BCUT2D eigenvalue weighted by atomic mass is 16.6. The number of nitro groups is 1. The van der Waals surface area contributed by atoms with Crippen molar-refractivity contribution in [3.63, 3.8) is 0 Å². The third-order valence-corrected chi connectivity index (χ3v) is 4.50. The Morgan fingerprint density at radius 3 is 2.33 bits per heavy atom. The number of nitrogens with one attached hydrogen (secondary N) is 1. The first-order chi connectivity index (χ1) is 15.6. The van der Waals surface area contributed by atoms with E-state index in [2.05, 4.69) is 10.3 Å². The number of carbonyl (C=O) groups excluding carboxylic acids is 2. The highest BCUT2D eigenvalue weighted by Gasteiger charge is 2.37. The summed E-state index contributed by atoms with van der Waals surface area (Å²) >= 11 is 0. The van der Waals surface area contributed by atoms with E-state index in [9.17, 15) is 19.7 Å². The van der Waals surface area contributed by atoms with E-state index in [0.29, 0.717) is 11.3 Å². The summed E-state index contributed by atoms with van der Waals surface area (Å²) in [5.41, 5.74) is -0.359. The minimum absolute atomic E-state index is 0.0371. The van der Waals surface area contributed by atoms with Crippen molar-refractivity contribution in [2.45, 2.75) is 32.4 Å². The Kier molecular flexibility index (Phi) is 6.52. The molecule has 174 valence electrons. The molecule has 0 saturated carbocycles. The summed E-state index contributed by atoms with van der Waals surface area (Å²) in [5.74, 6) is -1.17. The first-order valence-electron chi connectivity index (χ1n) is 9.84. The molecule has 1 heterocycles. The molecule has 1 unspecified atom stereocenters. The van der Waals surface area contributed by atoms with E-state index >= 15 is 0 Å². The fraction of sp³-hybridized carbons (Fsp3) is 0.318. The van der Waals surface area contributed by atoms with Crippen LogP contribution in [-0.2, 0) is 9.53 Å². The Hall–Kier alpha value is -4.15. The zero-order valence-electron chi connectivity index (χ0n) is 18.7. The van der Waals surface area contributed by atoms with Crippen molar-refractivity contribution in [3.05, 3.63) is 52.1 Å². The van der Waals surface area contributed by atoms with Gasteiger partial charge in [0.15, 0.2) is 11.5 Å². The van der Waals surface area contributed by atoms with E-state index in [0.717, 1.165) is 0 Å². The average Bonchev–Trinajstić information content (AvgIpc) is 3.10. The minimum Gasteiger partial charge on any atom is -0.493 e. The second-order valence-electron chi connectivity index (χ2n) is 7.93. The monoisotopic (exact) mass is 457 g/mol. The summed E-state index contributed by atoms with van der Waals surface area (Å²) in [6.07, 6.45) is -1.04. The van der Waals surface area contributed by atoms with Crippen LogP contribution in [0.5, 0.6) is 17.2 Å². The van der Waals surface area contributed by atoms with Crippen LogP contribution in [0.2, 0.25) is 0 Å². The van der Waals surface area contributed by atoms with Crippen LogP contribution in [-0.4, -0.2) is 42.5 Å². The average molecular weight is 457 g/mol. The van der Waals surface area contributed by atoms with Gasteiger partial charge in [-0.25, -0.2) is 14.6 Å². The number of carbonyl (C=O) groups is 2. The first kappa shape index (κ1) is 23.5. The summed E-state index contributed by atoms with van der Waals surface area (Å²) < 4.78 is 20.8. The smallest absolute Gasteiger partial charge is 0.413 e. The van der Waals surface area contributed by atoms with Gasteiger partial charge in [0.05, 0.1) is 24.8 Å². The van der Waals surface area contributed by atoms with E-state index in [-0.39, 0.29) is 23.0 Å². The van der Waals surface area contributed by atoms with Gasteiger partial charge in [0.1, 0.15) is 11.6 Å². The lowest BCUT2D eigenvalue weighted by atomic mass is 10.0. The van der Waals surface area contributed by atoms with Crippen molar-refractivity contribution in [2.24, 2.45) is 4.99 Å². The van der Waals surface area contributed by atoms with Gasteiger partial charge in [0.2, 0.25) is 11.5 Å². The fourth-order valence-corrected chi connectivity index (χ4v) is 3.21. The van der Waals surface area contributed by atoms with Crippen LogP contribution in [0.15, 0.2) is 41.4 Å². The topological polar surface area (TPSA) is 139 Å². The molecule has 0 radical (unpaired) electrons. The van der Waals surface area contributed by atoms with Crippen LogP contribution in [0.25, 0.3) is 0 Å². The van der Waals surface area contributed by atoms with Gasteiger partial charge in [-0.1, -0.05) is 18.2 Å². The third kappa shape index (κ3) is 5.03. The molecule has 1 N–H and O–H groups in total. The maximum absolute atomic E-state index is 12.7. The predicted octanol–water partition coefficient (Wildman–Crippen LogP) is 3.87. The predicted molar refractivity (Wildman–Crippen MR) is 117 cm³/mol. The lowest BCUT2D eigenvalue weighted by Gasteiger charge is -2.22. The van der Waals surface area contributed by atoms with E-state index in [1.807, 2.05) is 0 Å². The minimum atomic E-state index is -1.04. The largest absolute Gasteiger partial charge is 0.493 e. The van der Waals surface area contributed by atoms with Gasteiger partial charge in [-0.3, -0.25) is 10.1 Å². The molecule has 1 amide bonds. The Morgan fingerprint density at radius 1 is 1.06 bits per heavy atom. The molecular weight excluding hydrogens is 434 g/mol. The number of rotatable bonds is 6. The molecule has 11 nitrogen and oxygen atoms in total. The van der Waals surface area contributed by atoms with E-state index in [1.54, 1.807) is 45.0 Å². The standard InChI is InChI=1S/C22H23N3O8/c1-22(2,3)33-20(26)17-16(12-8-6-7-9-13(12)23-17)24-21(27)32-14-10-11-15(30-4)19(31-5)18(14)25(28)29/h6-11,16H,1-5H3,(H,24,27). The van der Waals surface area contributed by atoms with E-state index < -0.39 is 34.3 Å². The molecule has 0 aliphatic carbocycles. The maximum atomic E-state index is 12.7. The maximum Gasteiger partial charge on any atom is 0.413 e. The van der Waals surface area contributed by atoms with Gasteiger partial charge < -0.3 is 24.3 Å². The highest BCUT2D eigenvalue weighted by Crippen LogP contribution is 2.43. The van der Waals surface area contributed by atoms with Crippen molar-refractivity contribution in [2.75, 3.05) is 14.2 Å². The number of amides is 1. The zero-order valence-corrected chi connectivity index (χ0v) is 18.7. The fourth-order valence-electron chi connectivity index (χ4n) is 3.21. The molecule has 0 saturated heterocycles. The SMILES string of the molecule is COc1ccc(OC(=O)NC2C(C(=O)OC(C)(C)C)=Nc3ccccc32)c([N+](=O)[O-])c1OC. The number of methoxy groups -OCH3 is 2. The van der Waals surface area contributed by atoms with E-state index in [1.165, 1.54) is 26.4 Å². The first-order valence-corrected chi connectivity index (χ1v) is 9.84. The normalized spacial score (nSPS) is 14.6. The van der Waals surface area contributed by atoms with Crippen LogP contribution in [0.1, 0.15) is 32.4 Å². The lowest BCUT2D eigenvalue weighted by molar-refractivity contribution is -0.386. The van der Waals surface area contributed by atoms with Crippen LogP contribution in [0.3, 0.4) is 0 Å². The zero-order chi connectivity index (χ0) is 24.3. The molecule has 0 aromatic heterocycles.